The first-order valence-electron chi connectivity index (χ1n) is 6.73. The van der Waals surface area contributed by atoms with Crippen molar-refractivity contribution in [3.8, 4) is 0 Å². The number of hydrogen-bond donors (Lipinski definition) is 1. The third-order valence-electron chi connectivity index (χ3n) is 3.40. The van der Waals surface area contributed by atoms with Gasteiger partial charge in [0.05, 0.1) is 6.04 Å². The highest BCUT2D eigenvalue weighted by Gasteiger charge is 2.14. The molecule has 1 unspecified atom stereocenters. The Morgan fingerprint density at radius 2 is 2.10 bits per heavy atom. The van der Waals surface area contributed by atoms with E-state index in [9.17, 15) is 0 Å². The molecule has 0 aliphatic heterocycles. The number of likely N-dealkylation sites (N-methyl/N-ethyl adjacent to an activating group) is 1. The third kappa shape index (κ3) is 4.06. The topological polar surface area (TPSA) is 15.3 Å². The summed E-state index contributed by atoms with van der Waals surface area (Å²) in [7, 11) is 4.24. The fourth-order valence-corrected chi connectivity index (χ4v) is 3.24. The van der Waals surface area contributed by atoms with E-state index in [0.29, 0.717) is 6.04 Å². The quantitative estimate of drug-likeness (QED) is 0.864. The van der Waals surface area contributed by atoms with E-state index in [1.807, 2.05) is 24.3 Å². The van der Waals surface area contributed by atoms with E-state index >= 15 is 0 Å². The summed E-state index contributed by atoms with van der Waals surface area (Å²) in [5.41, 5.74) is 2.35. The van der Waals surface area contributed by atoms with Crippen LogP contribution in [0.4, 0.5) is 0 Å². The van der Waals surface area contributed by atoms with Gasteiger partial charge in [-0.3, -0.25) is 0 Å². The van der Waals surface area contributed by atoms with Crippen LogP contribution in [0, 0.1) is 6.92 Å². The molecule has 0 fully saturated rings. The van der Waals surface area contributed by atoms with Crippen molar-refractivity contribution >= 4 is 22.9 Å². The highest BCUT2D eigenvalue weighted by Crippen LogP contribution is 2.22. The van der Waals surface area contributed by atoms with Crippen molar-refractivity contribution in [1.29, 1.82) is 0 Å². The van der Waals surface area contributed by atoms with Gasteiger partial charge in [-0.1, -0.05) is 29.8 Å². The van der Waals surface area contributed by atoms with E-state index < -0.39 is 0 Å². The summed E-state index contributed by atoms with van der Waals surface area (Å²) in [6, 6.07) is 11.0. The van der Waals surface area contributed by atoms with Crippen LogP contribution in [-0.4, -0.2) is 25.5 Å². The Morgan fingerprint density at radius 3 is 2.70 bits per heavy atom. The van der Waals surface area contributed by atoms with Crippen LogP contribution in [0.1, 0.15) is 22.0 Å². The Kier molecular flexibility index (Phi) is 5.61. The maximum Gasteiger partial charge on any atom is 0.0561 e. The van der Waals surface area contributed by atoms with Crippen LogP contribution in [0.25, 0.3) is 0 Å². The van der Waals surface area contributed by atoms with Gasteiger partial charge in [0.25, 0.3) is 0 Å². The first-order valence-corrected chi connectivity index (χ1v) is 7.99. The van der Waals surface area contributed by atoms with E-state index in [1.54, 1.807) is 0 Å². The Labute approximate surface area is 130 Å². The first kappa shape index (κ1) is 15.5. The summed E-state index contributed by atoms with van der Waals surface area (Å²) in [5, 5.41) is 6.49. The molecule has 4 heteroatoms. The van der Waals surface area contributed by atoms with Gasteiger partial charge in [-0.05, 0) is 49.7 Å². The van der Waals surface area contributed by atoms with Crippen LogP contribution in [0.2, 0.25) is 5.02 Å². The molecule has 0 aliphatic carbocycles. The standard InChI is InChI=1S/C16H21ClN2S/c1-12-6-7-13(9-14(12)17)10-18-11-15(19(2)3)16-5-4-8-20-16/h4-9,15,18H,10-11H2,1-3H3. The normalized spacial score (nSPS) is 12.8. The number of aryl methyl sites for hydroxylation is 1. The SMILES string of the molecule is Cc1ccc(CNCC(c2cccs2)N(C)C)cc1Cl. The van der Waals surface area contributed by atoms with E-state index in [4.69, 9.17) is 11.6 Å². The molecule has 0 saturated carbocycles. The monoisotopic (exact) mass is 308 g/mol. The van der Waals surface area contributed by atoms with E-state index in [0.717, 1.165) is 23.7 Å². The van der Waals surface area contributed by atoms with Gasteiger partial charge < -0.3 is 10.2 Å². The van der Waals surface area contributed by atoms with Gasteiger partial charge in [0.1, 0.15) is 0 Å². The van der Waals surface area contributed by atoms with Gasteiger partial charge in [-0.15, -0.1) is 11.3 Å². The molecule has 0 aliphatic rings. The lowest BCUT2D eigenvalue weighted by atomic mass is 10.1. The lowest BCUT2D eigenvalue weighted by Crippen LogP contribution is -2.30. The number of nitrogens with one attached hydrogen (secondary N) is 1. The minimum Gasteiger partial charge on any atom is -0.311 e. The zero-order valence-electron chi connectivity index (χ0n) is 12.2. The average molecular weight is 309 g/mol. The molecule has 1 N–H and O–H groups in total. The smallest absolute Gasteiger partial charge is 0.0561 e. The second-order valence-electron chi connectivity index (χ2n) is 5.21. The fraction of sp³-hybridized carbons (Fsp3) is 0.375. The molecule has 0 amide bonds. The number of halogens is 1. The summed E-state index contributed by atoms with van der Waals surface area (Å²) in [6.07, 6.45) is 0. The van der Waals surface area contributed by atoms with Crippen molar-refractivity contribution in [3.63, 3.8) is 0 Å². The summed E-state index contributed by atoms with van der Waals surface area (Å²) < 4.78 is 0. The van der Waals surface area contributed by atoms with Crippen LogP contribution in [0.5, 0.6) is 0 Å². The molecule has 2 rings (SSSR count). The van der Waals surface area contributed by atoms with Crippen molar-refractivity contribution in [2.75, 3.05) is 20.6 Å². The lowest BCUT2D eigenvalue weighted by molar-refractivity contribution is 0.292. The third-order valence-corrected chi connectivity index (χ3v) is 4.78. The van der Waals surface area contributed by atoms with Gasteiger partial charge in [0.2, 0.25) is 0 Å². The summed E-state index contributed by atoms with van der Waals surface area (Å²) in [5.74, 6) is 0. The second-order valence-corrected chi connectivity index (χ2v) is 6.60. The Balaban J connectivity index is 1.92. The van der Waals surface area contributed by atoms with Crippen molar-refractivity contribution in [3.05, 3.63) is 56.7 Å². The largest absolute Gasteiger partial charge is 0.311 e. The van der Waals surface area contributed by atoms with Crippen LogP contribution < -0.4 is 5.32 Å². The van der Waals surface area contributed by atoms with Gasteiger partial charge in [0.15, 0.2) is 0 Å². The van der Waals surface area contributed by atoms with Gasteiger partial charge in [0, 0.05) is 23.0 Å². The van der Waals surface area contributed by atoms with Gasteiger partial charge >= 0.3 is 0 Å². The number of rotatable bonds is 6. The molecule has 0 saturated heterocycles. The zero-order valence-corrected chi connectivity index (χ0v) is 13.8. The number of thiophene rings is 1. The van der Waals surface area contributed by atoms with Crippen LogP contribution in [0.3, 0.4) is 0 Å². The molecule has 0 spiro atoms. The molecule has 1 heterocycles. The predicted octanol–water partition coefficient (Wildman–Crippen LogP) is 4.10. The van der Waals surface area contributed by atoms with Gasteiger partial charge in [-0.25, -0.2) is 0 Å². The molecule has 0 radical (unpaired) electrons. The molecule has 20 heavy (non-hydrogen) atoms. The zero-order chi connectivity index (χ0) is 14.5. The molecule has 1 aromatic carbocycles. The molecular weight excluding hydrogens is 288 g/mol. The second kappa shape index (κ2) is 7.23. The summed E-state index contributed by atoms with van der Waals surface area (Å²) in [4.78, 5) is 3.64. The predicted molar refractivity (Wildman–Crippen MR) is 88.6 cm³/mol. The molecular formula is C16H21ClN2S. The van der Waals surface area contributed by atoms with Crippen LogP contribution in [0.15, 0.2) is 35.7 Å². The lowest BCUT2D eigenvalue weighted by Gasteiger charge is -2.23. The summed E-state index contributed by atoms with van der Waals surface area (Å²) >= 11 is 7.96. The average Bonchev–Trinajstić information content (AvgIpc) is 2.92. The van der Waals surface area contributed by atoms with Crippen molar-refractivity contribution in [2.24, 2.45) is 0 Å². The number of benzene rings is 1. The molecule has 2 nitrogen and oxygen atoms in total. The minimum atomic E-state index is 0.413. The van der Waals surface area contributed by atoms with Crippen molar-refractivity contribution in [1.82, 2.24) is 10.2 Å². The summed E-state index contributed by atoms with van der Waals surface area (Å²) in [6.45, 7) is 3.80. The molecule has 1 atom stereocenters. The van der Waals surface area contributed by atoms with E-state index in [-0.39, 0.29) is 0 Å². The maximum atomic E-state index is 6.15. The van der Waals surface area contributed by atoms with Crippen molar-refractivity contribution < 1.29 is 0 Å². The fourth-order valence-electron chi connectivity index (χ4n) is 2.12. The Hall–Kier alpha value is -0.870. The molecule has 1 aromatic heterocycles. The Morgan fingerprint density at radius 1 is 1.30 bits per heavy atom. The van der Waals surface area contributed by atoms with Crippen LogP contribution in [-0.2, 0) is 6.54 Å². The number of nitrogens with zero attached hydrogens (tertiary/aromatic N) is 1. The van der Waals surface area contributed by atoms with E-state index in [1.165, 1.54) is 10.4 Å². The molecule has 2 aromatic rings. The van der Waals surface area contributed by atoms with Crippen molar-refractivity contribution in [2.45, 2.75) is 19.5 Å². The van der Waals surface area contributed by atoms with Crippen LogP contribution >= 0.6 is 22.9 Å². The van der Waals surface area contributed by atoms with Gasteiger partial charge in [-0.2, -0.15) is 0 Å². The number of hydrogen-bond acceptors (Lipinski definition) is 3. The maximum absolute atomic E-state index is 6.15. The minimum absolute atomic E-state index is 0.413. The Bertz CT molecular complexity index is 537. The van der Waals surface area contributed by atoms with E-state index in [2.05, 4.69) is 54.0 Å². The molecule has 0 bridgehead atoms. The highest BCUT2D eigenvalue weighted by molar-refractivity contribution is 7.10. The highest BCUT2D eigenvalue weighted by atomic mass is 35.5. The molecule has 108 valence electrons. The first-order chi connectivity index (χ1) is 9.58.